The van der Waals surface area contributed by atoms with Gasteiger partial charge in [-0.1, -0.05) is 47.1 Å². The third-order valence-electron chi connectivity index (χ3n) is 3.69. The number of aromatic nitrogens is 2. The summed E-state index contributed by atoms with van der Waals surface area (Å²) in [5.41, 5.74) is 1.99. The first kappa shape index (κ1) is 16.5. The van der Waals surface area contributed by atoms with Crippen LogP contribution in [0.5, 0.6) is 5.75 Å². The van der Waals surface area contributed by atoms with Crippen molar-refractivity contribution in [2.45, 2.75) is 13.1 Å². The van der Waals surface area contributed by atoms with Crippen molar-refractivity contribution in [3.8, 4) is 17.1 Å². The summed E-state index contributed by atoms with van der Waals surface area (Å²) in [6.45, 7) is 1.36. The second-order valence-electron chi connectivity index (χ2n) is 5.64. The minimum Gasteiger partial charge on any atom is -0.496 e. The Morgan fingerprint density at radius 2 is 1.92 bits per heavy atom. The van der Waals surface area contributed by atoms with Gasteiger partial charge in [0, 0.05) is 16.1 Å². The molecule has 5 nitrogen and oxygen atoms in total. The largest absolute Gasteiger partial charge is 0.496 e. The van der Waals surface area contributed by atoms with E-state index in [2.05, 4.69) is 17.2 Å². The molecule has 1 unspecified atom stereocenters. The maximum atomic E-state index is 6.08. The number of ether oxygens (including phenoxy) is 1. The third-order valence-corrected chi connectivity index (χ3v) is 3.92. The Bertz CT molecular complexity index is 805. The molecule has 2 aromatic carbocycles. The highest BCUT2D eigenvalue weighted by atomic mass is 35.5. The Hall–Kier alpha value is -2.37. The average Bonchev–Trinajstić information content (AvgIpc) is 3.04. The highest BCUT2D eigenvalue weighted by molar-refractivity contribution is 6.30. The van der Waals surface area contributed by atoms with Crippen LogP contribution >= 0.6 is 11.6 Å². The van der Waals surface area contributed by atoms with Crippen LogP contribution in [0.25, 0.3) is 11.4 Å². The number of hydrogen-bond donors (Lipinski definition) is 1. The number of nitrogens with one attached hydrogen (secondary N) is 1. The van der Waals surface area contributed by atoms with Gasteiger partial charge in [-0.3, -0.25) is 0 Å². The summed E-state index contributed by atoms with van der Waals surface area (Å²) >= 11 is 6.08. The van der Waals surface area contributed by atoms with Crippen LogP contribution in [0, 0.1) is 0 Å². The minimum absolute atomic E-state index is 0.604. The second kappa shape index (κ2) is 7.47. The van der Waals surface area contributed by atoms with Crippen LogP contribution < -0.4 is 9.64 Å². The molecule has 0 radical (unpaired) electrons. The SMILES string of the molecule is COc1ccc(Cl)cc1C[NH+](C)Cc1nc(-c2ccccc2)no1. The normalized spacial score (nSPS) is 12.1. The molecule has 3 rings (SSSR count). The molecule has 0 spiro atoms. The molecule has 0 aliphatic rings. The molecule has 0 amide bonds. The number of rotatable bonds is 6. The highest BCUT2D eigenvalue weighted by Crippen LogP contribution is 2.21. The number of nitrogens with zero attached hydrogens (tertiary/aromatic N) is 2. The first-order chi connectivity index (χ1) is 11.7. The van der Waals surface area contributed by atoms with Crippen molar-refractivity contribution in [3.63, 3.8) is 0 Å². The van der Waals surface area contributed by atoms with Crippen LogP contribution in [0.1, 0.15) is 11.5 Å². The summed E-state index contributed by atoms with van der Waals surface area (Å²) in [5, 5.41) is 4.75. The second-order valence-corrected chi connectivity index (χ2v) is 6.08. The average molecular weight is 345 g/mol. The van der Waals surface area contributed by atoms with E-state index in [9.17, 15) is 0 Å². The summed E-state index contributed by atoms with van der Waals surface area (Å²) < 4.78 is 10.8. The van der Waals surface area contributed by atoms with E-state index in [0.29, 0.717) is 23.3 Å². The van der Waals surface area contributed by atoms with Gasteiger partial charge in [-0.15, -0.1) is 0 Å². The number of methoxy groups -OCH3 is 1. The quantitative estimate of drug-likeness (QED) is 0.747. The molecule has 3 aromatic rings. The molecule has 1 heterocycles. The summed E-state index contributed by atoms with van der Waals surface area (Å²) in [6.07, 6.45) is 0. The van der Waals surface area contributed by atoms with Crippen molar-refractivity contribution in [2.75, 3.05) is 14.2 Å². The lowest BCUT2D eigenvalue weighted by Gasteiger charge is -2.14. The minimum atomic E-state index is 0.604. The maximum absolute atomic E-state index is 6.08. The predicted molar refractivity (Wildman–Crippen MR) is 92.0 cm³/mol. The molecule has 1 N–H and O–H groups in total. The third kappa shape index (κ3) is 3.93. The summed E-state index contributed by atoms with van der Waals surface area (Å²) in [6, 6.07) is 15.4. The molecule has 0 fully saturated rings. The smallest absolute Gasteiger partial charge is 0.282 e. The molecule has 0 aliphatic carbocycles. The Balaban J connectivity index is 1.69. The summed E-state index contributed by atoms with van der Waals surface area (Å²) in [4.78, 5) is 5.66. The maximum Gasteiger partial charge on any atom is 0.282 e. The van der Waals surface area contributed by atoms with Gasteiger partial charge in [0.2, 0.25) is 5.82 Å². The molecular weight excluding hydrogens is 326 g/mol. The zero-order valence-corrected chi connectivity index (χ0v) is 14.4. The van der Waals surface area contributed by atoms with Crippen LogP contribution in [0.2, 0.25) is 5.02 Å². The molecule has 1 atom stereocenters. The van der Waals surface area contributed by atoms with Gasteiger partial charge in [-0.25, -0.2) is 0 Å². The summed E-state index contributed by atoms with van der Waals surface area (Å²) in [7, 11) is 3.72. The van der Waals surface area contributed by atoms with Gasteiger partial charge in [-0.05, 0) is 18.2 Å². The van der Waals surface area contributed by atoms with Crippen LogP contribution in [-0.2, 0) is 13.1 Å². The molecule has 24 heavy (non-hydrogen) atoms. The Morgan fingerprint density at radius 1 is 1.12 bits per heavy atom. The molecule has 0 saturated heterocycles. The molecule has 0 saturated carbocycles. The molecule has 0 aliphatic heterocycles. The fourth-order valence-corrected chi connectivity index (χ4v) is 2.76. The first-order valence-corrected chi connectivity index (χ1v) is 8.05. The standard InChI is InChI=1S/C18H18ClN3O2/c1-22(11-14-10-15(19)8-9-16(14)23-2)12-17-20-18(21-24-17)13-6-4-3-5-7-13/h3-10H,11-12H2,1-2H3/p+1. The Labute approximate surface area is 145 Å². The van der Waals surface area contributed by atoms with Crippen molar-refractivity contribution in [1.29, 1.82) is 0 Å². The number of halogens is 1. The number of quaternary nitrogens is 1. The van der Waals surface area contributed by atoms with Crippen LogP contribution in [0.15, 0.2) is 53.1 Å². The number of benzene rings is 2. The predicted octanol–water partition coefficient (Wildman–Crippen LogP) is 2.61. The van der Waals surface area contributed by atoms with E-state index < -0.39 is 0 Å². The number of hydrogen-bond acceptors (Lipinski definition) is 4. The van der Waals surface area contributed by atoms with Gasteiger partial charge in [0.1, 0.15) is 12.3 Å². The van der Waals surface area contributed by atoms with Crippen LogP contribution in [0.3, 0.4) is 0 Å². The van der Waals surface area contributed by atoms with Gasteiger partial charge in [0.25, 0.3) is 5.89 Å². The first-order valence-electron chi connectivity index (χ1n) is 7.67. The van der Waals surface area contributed by atoms with Crippen molar-refractivity contribution in [1.82, 2.24) is 10.1 Å². The van der Waals surface area contributed by atoms with E-state index in [4.69, 9.17) is 20.9 Å². The van der Waals surface area contributed by atoms with E-state index in [1.165, 1.54) is 4.90 Å². The zero-order chi connectivity index (χ0) is 16.9. The van der Waals surface area contributed by atoms with Gasteiger partial charge < -0.3 is 14.2 Å². The van der Waals surface area contributed by atoms with Crippen LogP contribution in [-0.4, -0.2) is 24.3 Å². The van der Waals surface area contributed by atoms with E-state index in [1.807, 2.05) is 48.5 Å². The van der Waals surface area contributed by atoms with Crippen LogP contribution in [0.4, 0.5) is 0 Å². The molecular formula is C18H19ClN3O2+. The molecule has 124 valence electrons. The van der Waals surface area contributed by atoms with Gasteiger partial charge >= 0.3 is 0 Å². The monoisotopic (exact) mass is 344 g/mol. The van der Waals surface area contributed by atoms with E-state index >= 15 is 0 Å². The van der Waals surface area contributed by atoms with Gasteiger partial charge in [-0.2, -0.15) is 4.98 Å². The topological polar surface area (TPSA) is 52.6 Å². The lowest BCUT2D eigenvalue weighted by Crippen LogP contribution is -3.06. The van der Waals surface area contributed by atoms with Crippen molar-refractivity contribution in [2.24, 2.45) is 0 Å². The lowest BCUT2D eigenvalue weighted by atomic mass is 10.2. The van der Waals surface area contributed by atoms with Crippen molar-refractivity contribution in [3.05, 3.63) is 65.0 Å². The van der Waals surface area contributed by atoms with E-state index in [-0.39, 0.29) is 0 Å². The van der Waals surface area contributed by atoms with Gasteiger partial charge in [0.05, 0.1) is 14.2 Å². The zero-order valence-electron chi connectivity index (χ0n) is 13.6. The van der Waals surface area contributed by atoms with Crippen molar-refractivity contribution >= 4 is 11.6 Å². The summed E-state index contributed by atoms with van der Waals surface area (Å²) in [5.74, 6) is 2.04. The molecule has 0 bridgehead atoms. The van der Waals surface area contributed by atoms with Gasteiger partial charge in [0.15, 0.2) is 6.54 Å². The van der Waals surface area contributed by atoms with Crippen molar-refractivity contribution < 1.29 is 14.2 Å². The van der Waals surface area contributed by atoms with E-state index in [0.717, 1.165) is 23.4 Å². The molecule has 6 heteroatoms. The highest BCUT2D eigenvalue weighted by Gasteiger charge is 2.15. The Morgan fingerprint density at radius 3 is 2.67 bits per heavy atom. The Kier molecular flexibility index (Phi) is 5.13. The molecule has 1 aromatic heterocycles. The van der Waals surface area contributed by atoms with E-state index in [1.54, 1.807) is 7.11 Å². The fraction of sp³-hybridized carbons (Fsp3) is 0.222. The lowest BCUT2D eigenvalue weighted by molar-refractivity contribution is -0.909. The fourth-order valence-electron chi connectivity index (χ4n) is 2.56.